The van der Waals surface area contributed by atoms with Crippen molar-refractivity contribution in [1.29, 1.82) is 0 Å². The SMILES string of the molecule is CC1CCN(CCCNS(=O)(=O)c2ccc(-c3ccc(=O)[nH]n3)s2)CC1. The maximum Gasteiger partial charge on any atom is 0.264 e. The summed E-state index contributed by atoms with van der Waals surface area (Å²) in [6.45, 7) is 5.84. The van der Waals surface area contributed by atoms with Gasteiger partial charge in [0.15, 0.2) is 0 Å². The first-order chi connectivity index (χ1) is 12.4. The van der Waals surface area contributed by atoms with E-state index >= 15 is 0 Å². The van der Waals surface area contributed by atoms with E-state index in [-0.39, 0.29) is 9.77 Å². The summed E-state index contributed by atoms with van der Waals surface area (Å²) in [5, 5.41) is 6.28. The molecule has 1 saturated heterocycles. The third-order valence-corrected chi connectivity index (χ3v) is 7.66. The molecular weight excluding hydrogens is 372 g/mol. The number of H-pyrrole nitrogens is 1. The first kappa shape index (κ1) is 19.2. The van der Waals surface area contributed by atoms with Gasteiger partial charge in [-0.2, -0.15) is 5.10 Å². The molecule has 0 unspecified atom stereocenters. The highest BCUT2D eigenvalue weighted by molar-refractivity contribution is 7.91. The molecule has 3 heterocycles. The van der Waals surface area contributed by atoms with Crippen LogP contribution in [0.2, 0.25) is 0 Å². The zero-order chi connectivity index (χ0) is 18.6. The lowest BCUT2D eigenvalue weighted by Gasteiger charge is -2.30. The number of rotatable bonds is 7. The van der Waals surface area contributed by atoms with E-state index in [2.05, 4.69) is 26.7 Å². The van der Waals surface area contributed by atoms with Crippen molar-refractivity contribution >= 4 is 21.4 Å². The van der Waals surface area contributed by atoms with E-state index in [0.29, 0.717) is 17.1 Å². The van der Waals surface area contributed by atoms with Crippen LogP contribution in [0.25, 0.3) is 10.6 Å². The van der Waals surface area contributed by atoms with Crippen molar-refractivity contribution in [2.24, 2.45) is 5.92 Å². The van der Waals surface area contributed by atoms with Crippen molar-refractivity contribution < 1.29 is 8.42 Å². The standard InChI is InChI=1S/C17H24N4O3S2/c1-13-7-11-21(12-8-13)10-2-9-18-26(23,24)17-6-4-15(25-17)14-3-5-16(22)20-19-14/h3-6,13,18H,2,7-12H2,1H3,(H,20,22). The minimum absolute atomic E-state index is 0.257. The van der Waals surface area contributed by atoms with E-state index < -0.39 is 10.0 Å². The van der Waals surface area contributed by atoms with Crippen molar-refractivity contribution in [3.63, 3.8) is 0 Å². The monoisotopic (exact) mass is 396 g/mol. The van der Waals surface area contributed by atoms with Crippen LogP contribution in [0.1, 0.15) is 26.2 Å². The van der Waals surface area contributed by atoms with Gasteiger partial charge in [0.1, 0.15) is 9.90 Å². The lowest BCUT2D eigenvalue weighted by atomic mass is 9.99. The van der Waals surface area contributed by atoms with Crippen LogP contribution in [0.4, 0.5) is 0 Å². The minimum Gasteiger partial charge on any atom is -0.303 e. The molecule has 0 spiro atoms. The molecule has 0 amide bonds. The Morgan fingerprint density at radius 3 is 2.73 bits per heavy atom. The van der Waals surface area contributed by atoms with Crippen molar-refractivity contribution in [2.75, 3.05) is 26.2 Å². The summed E-state index contributed by atoms with van der Waals surface area (Å²) in [4.78, 5) is 14.2. The smallest absolute Gasteiger partial charge is 0.264 e. The molecule has 0 aromatic carbocycles. The number of aromatic nitrogens is 2. The van der Waals surface area contributed by atoms with Gasteiger partial charge in [-0.05, 0) is 63.0 Å². The molecule has 142 valence electrons. The Bertz CT molecular complexity index is 863. The number of piperidine rings is 1. The summed E-state index contributed by atoms with van der Waals surface area (Å²) in [6, 6.07) is 6.22. The second-order valence-corrected chi connectivity index (χ2v) is 9.78. The third-order valence-electron chi connectivity index (χ3n) is 4.60. The highest BCUT2D eigenvalue weighted by atomic mass is 32.2. The summed E-state index contributed by atoms with van der Waals surface area (Å²) in [5.74, 6) is 0.801. The van der Waals surface area contributed by atoms with Gasteiger partial charge in [0.2, 0.25) is 10.0 Å². The Morgan fingerprint density at radius 2 is 2.04 bits per heavy atom. The average molecular weight is 397 g/mol. The molecule has 0 saturated carbocycles. The zero-order valence-corrected chi connectivity index (χ0v) is 16.4. The van der Waals surface area contributed by atoms with Crippen molar-refractivity contribution in [3.8, 4) is 10.6 Å². The lowest BCUT2D eigenvalue weighted by Crippen LogP contribution is -2.35. The molecule has 1 aliphatic rings. The molecule has 1 aliphatic heterocycles. The van der Waals surface area contributed by atoms with Gasteiger partial charge in [-0.1, -0.05) is 6.92 Å². The van der Waals surface area contributed by atoms with Crippen LogP contribution in [0.15, 0.2) is 33.3 Å². The largest absolute Gasteiger partial charge is 0.303 e. The molecule has 1 fully saturated rings. The minimum atomic E-state index is -3.52. The van der Waals surface area contributed by atoms with Crippen LogP contribution >= 0.6 is 11.3 Å². The van der Waals surface area contributed by atoms with E-state index in [9.17, 15) is 13.2 Å². The lowest BCUT2D eigenvalue weighted by molar-refractivity contribution is 0.191. The maximum absolute atomic E-state index is 12.4. The summed E-state index contributed by atoms with van der Waals surface area (Å²) >= 11 is 1.14. The summed E-state index contributed by atoms with van der Waals surface area (Å²) < 4.78 is 27.8. The zero-order valence-electron chi connectivity index (χ0n) is 14.8. The molecule has 2 N–H and O–H groups in total. The van der Waals surface area contributed by atoms with E-state index in [4.69, 9.17) is 0 Å². The molecule has 2 aromatic rings. The number of thiophene rings is 1. The van der Waals surface area contributed by atoms with Crippen LogP contribution in [0.3, 0.4) is 0 Å². The van der Waals surface area contributed by atoms with Gasteiger partial charge in [0.05, 0.1) is 4.88 Å². The highest BCUT2D eigenvalue weighted by Crippen LogP contribution is 2.28. The molecule has 0 aliphatic carbocycles. The van der Waals surface area contributed by atoms with Gasteiger partial charge in [0.25, 0.3) is 5.56 Å². The normalized spacial score (nSPS) is 16.8. The van der Waals surface area contributed by atoms with E-state index in [1.165, 1.54) is 18.9 Å². The number of nitrogens with one attached hydrogen (secondary N) is 2. The quantitative estimate of drug-likeness (QED) is 0.697. The van der Waals surface area contributed by atoms with Crippen LogP contribution < -0.4 is 10.3 Å². The van der Waals surface area contributed by atoms with E-state index in [1.54, 1.807) is 18.2 Å². The van der Waals surface area contributed by atoms with Crippen LogP contribution in [-0.4, -0.2) is 49.7 Å². The highest BCUT2D eigenvalue weighted by Gasteiger charge is 2.18. The Balaban J connectivity index is 1.52. The van der Waals surface area contributed by atoms with Gasteiger partial charge in [0, 0.05) is 12.6 Å². The number of sulfonamides is 1. The Hall–Kier alpha value is -1.55. The molecule has 2 aromatic heterocycles. The summed E-state index contributed by atoms with van der Waals surface area (Å²) in [5.41, 5.74) is 0.262. The molecule has 0 bridgehead atoms. The molecular formula is C17H24N4O3S2. The Kier molecular flexibility index (Phi) is 6.23. The Morgan fingerprint density at radius 1 is 1.27 bits per heavy atom. The van der Waals surface area contributed by atoms with Gasteiger partial charge in [-0.15, -0.1) is 11.3 Å². The van der Waals surface area contributed by atoms with Crippen molar-refractivity contribution in [1.82, 2.24) is 19.8 Å². The summed E-state index contributed by atoms with van der Waals surface area (Å²) in [7, 11) is -3.52. The maximum atomic E-state index is 12.4. The topological polar surface area (TPSA) is 95.2 Å². The van der Waals surface area contributed by atoms with Crippen LogP contribution in [0.5, 0.6) is 0 Å². The number of hydrogen-bond acceptors (Lipinski definition) is 6. The van der Waals surface area contributed by atoms with Gasteiger partial charge in [-0.3, -0.25) is 4.79 Å². The second kappa shape index (κ2) is 8.43. The summed E-state index contributed by atoms with van der Waals surface area (Å²) in [6.07, 6.45) is 3.25. The number of nitrogens with zero attached hydrogens (tertiary/aromatic N) is 2. The molecule has 26 heavy (non-hydrogen) atoms. The number of aromatic amines is 1. The molecule has 3 rings (SSSR count). The third kappa shape index (κ3) is 5.00. The van der Waals surface area contributed by atoms with Gasteiger partial charge >= 0.3 is 0 Å². The number of likely N-dealkylation sites (tertiary alicyclic amines) is 1. The van der Waals surface area contributed by atoms with E-state index in [0.717, 1.165) is 43.3 Å². The van der Waals surface area contributed by atoms with Crippen molar-refractivity contribution in [2.45, 2.75) is 30.4 Å². The second-order valence-electron chi connectivity index (χ2n) is 6.70. The first-order valence-corrected chi connectivity index (χ1v) is 11.1. The fourth-order valence-corrected chi connectivity index (χ4v) is 5.34. The average Bonchev–Trinajstić information content (AvgIpc) is 3.12. The predicted octanol–water partition coefficient (Wildman–Crippen LogP) is 1.90. The number of hydrogen-bond donors (Lipinski definition) is 2. The van der Waals surface area contributed by atoms with Crippen LogP contribution in [0, 0.1) is 5.92 Å². The predicted molar refractivity (Wildman–Crippen MR) is 103 cm³/mol. The molecule has 0 atom stereocenters. The van der Waals surface area contributed by atoms with Crippen molar-refractivity contribution in [3.05, 3.63) is 34.6 Å². The molecule has 0 radical (unpaired) electrons. The molecule has 7 nitrogen and oxygen atoms in total. The fourth-order valence-electron chi connectivity index (χ4n) is 2.95. The molecule has 9 heteroatoms. The first-order valence-electron chi connectivity index (χ1n) is 8.82. The van der Waals surface area contributed by atoms with Gasteiger partial charge < -0.3 is 4.90 Å². The Labute approximate surface area is 157 Å². The van der Waals surface area contributed by atoms with Gasteiger partial charge in [-0.25, -0.2) is 18.2 Å². The van der Waals surface area contributed by atoms with Crippen LogP contribution in [-0.2, 0) is 10.0 Å². The fraction of sp³-hybridized carbons (Fsp3) is 0.529. The van der Waals surface area contributed by atoms with E-state index in [1.807, 2.05) is 0 Å².